The van der Waals surface area contributed by atoms with Crippen LogP contribution in [0, 0.1) is 0 Å². The molecule has 0 saturated carbocycles. The Morgan fingerprint density at radius 2 is 1.32 bits per heavy atom. The Bertz CT molecular complexity index is 879. The molecule has 0 atom stereocenters. The van der Waals surface area contributed by atoms with Gasteiger partial charge in [-0.1, -0.05) is 86.6 Å². The molecule has 3 aromatic carbocycles. The first-order valence-corrected chi connectivity index (χ1v) is 8.38. The van der Waals surface area contributed by atoms with Gasteiger partial charge in [-0.05, 0) is 28.3 Å². The van der Waals surface area contributed by atoms with E-state index in [1.165, 1.54) is 18.2 Å². The van der Waals surface area contributed by atoms with Gasteiger partial charge in [0.1, 0.15) is 0 Å². The van der Waals surface area contributed by atoms with Crippen LogP contribution in [0.2, 0.25) is 0 Å². The van der Waals surface area contributed by atoms with Gasteiger partial charge in [0.15, 0.2) is 0 Å². The van der Waals surface area contributed by atoms with Gasteiger partial charge in [-0.2, -0.15) is 0 Å². The molecule has 0 fully saturated rings. The van der Waals surface area contributed by atoms with Gasteiger partial charge in [0, 0.05) is 5.41 Å². The van der Waals surface area contributed by atoms with Crippen molar-refractivity contribution in [3.05, 3.63) is 95.6 Å². The van der Waals surface area contributed by atoms with E-state index < -0.39 is 0 Å². The Kier molecular flexibility index (Phi) is 4.71. The Morgan fingerprint density at radius 3 is 2.00 bits per heavy atom. The third-order valence-corrected chi connectivity index (χ3v) is 4.72. The molecular formula is C23H22O2. The average Bonchev–Trinajstić information content (AvgIpc) is 2.68. The van der Waals surface area contributed by atoms with E-state index >= 15 is 0 Å². The third-order valence-electron chi connectivity index (χ3n) is 4.72. The molecule has 0 aromatic heterocycles. The predicted octanol–water partition coefficient (Wildman–Crippen LogP) is 5.47. The highest BCUT2D eigenvalue weighted by Gasteiger charge is 2.27. The molecule has 0 amide bonds. The summed E-state index contributed by atoms with van der Waals surface area (Å²) in [4.78, 5) is 12.2. The van der Waals surface area contributed by atoms with Crippen LogP contribution in [0.25, 0.3) is 11.1 Å². The largest absolute Gasteiger partial charge is 0.465 e. The van der Waals surface area contributed by atoms with Crippen LogP contribution < -0.4 is 0 Å². The predicted molar refractivity (Wildman–Crippen MR) is 102 cm³/mol. The first kappa shape index (κ1) is 17.0. The lowest BCUT2D eigenvalue weighted by Gasteiger charge is -2.29. The van der Waals surface area contributed by atoms with Crippen LogP contribution in [-0.2, 0) is 10.2 Å². The van der Waals surface area contributed by atoms with E-state index in [1.807, 2.05) is 42.5 Å². The van der Waals surface area contributed by atoms with Gasteiger partial charge in [-0.3, -0.25) is 0 Å². The zero-order valence-corrected chi connectivity index (χ0v) is 14.8. The van der Waals surface area contributed by atoms with E-state index in [9.17, 15) is 4.79 Å². The van der Waals surface area contributed by atoms with Gasteiger partial charge >= 0.3 is 5.97 Å². The molecule has 2 nitrogen and oxygen atoms in total. The van der Waals surface area contributed by atoms with Crippen molar-refractivity contribution in [3.8, 4) is 11.1 Å². The molecule has 0 N–H and O–H groups in total. The SMILES string of the molecule is COC(=O)c1ccccc1-c1ccccc1C(C)(C)c1ccccc1. The fourth-order valence-corrected chi connectivity index (χ4v) is 3.28. The van der Waals surface area contributed by atoms with Crippen molar-refractivity contribution in [2.75, 3.05) is 7.11 Å². The highest BCUT2D eigenvalue weighted by molar-refractivity contribution is 5.97. The second-order valence-electron chi connectivity index (χ2n) is 6.57. The summed E-state index contributed by atoms with van der Waals surface area (Å²) in [6, 6.07) is 26.3. The second-order valence-corrected chi connectivity index (χ2v) is 6.57. The Labute approximate surface area is 149 Å². The maximum Gasteiger partial charge on any atom is 0.338 e. The van der Waals surface area contributed by atoms with Crippen molar-refractivity contribution >= 4 is 5.97 Å². The summed E-state index contributed by atoms with van der Waals surface area (Å²) >= 11 is 0. The van der Waals surface area contributed by atoms with Crippen molar-refractivity contribution in [3.63, 3.8) is 0 Å². The lowest BCUT2D eigenvalue weighted by atomic mass is 9.74. The van der Waals surface area contributed by atoms with Crippen LogP contribution in [0.3, 0.4) is 0 Å². The van der Waals surface area contributed by atoms with Crippen LogP contribution in [0.15, 0.2) is 78.9 Å². The summed E-state index contributed by atoms with van der Waals surface area (Å²) in [5.41, 5.74) is 4.75. The van der Waals surface area contributed by atoms with E-state index in [0.29, 0.717) is 5.56 Å². The fraction of sp³-hybridized carbons (Fsp3) is 0.174. The molecule has 0 bridgehead atoms. The molecule has 0 aliphatic heterocycles. The maximum atomic E-state index is 12.2. The summed E-state index contributed by atoms with van der Waals surface area (Å²) in [5.74, 6) is -0.317. The molecule has 0 aliphatic carbocycles. The number of carbonyl (C=O) groups is 1. The maximum absolute atomic E-state index is 12.2. The summed E-state index contributed by atoms with van der Waals surface area (Å²) in [7, 11) is 1.42. The first-order valence-electron chi connectivity index (χ1n) is 8.38. The molecule has 0 spiro atoms. The molecule has 0 unspecified atom stereocenters. The molecular weight excluding hydrogens is 308 g/mol. The lowest BCUT2D eigenvalue weighted by molar-refractivity contribution is 0.0601. The molecule has 0 radical (unpaired) electrons. The molecule has 2 heteroatoms. The number of carbonyl (C=O) groups excluding carboxylic acids is 1. The van der Waals surface area contributed by atoms with Crippen molar-refractivity contribution in [2.24, 2.45) is 0 Å². The monoisotopic (exact) mass is 330 g/mol. The van der Waals surface area contributed by atoms with E-state index in [4.69, 9.17) is 4.74 Å². The van der Waals surface area contributed by atoms with Crippen molar-refractivity contribution in [1.82, 2.24) is 0 Å². The highest BCUT2D eigenvalue weighted by atomic mass is 16.5. The van der Waals surface area contributed by atoms with Crippen LogP contribution in [0.1, 0.15) is 35.3 Å². The van der Waals surface area contributed by atoms with Gasteiger partial charge < -0.3 is 4.74 Å². The topological polar surface area (TPSA) is 26.3 Å². The Hall–Kier alpha value is -2.87. The summed E-state index contributed by atoms with van der Waals surface area (Å²) in [6.45, 7) is 4.42. The molecule has 126 valence electrons. The van der Waals surface area contributed by atoms with Gasteiger partial charge in [0.25, 0.3) is 0 Å². The van der Waals surface area contributed by atoms with Crippen LogP contribution in [-0.4, -0.2) is 13.1 Å². The fourth-order valence-electron chi connectivity index (χ4n) is 3.28. The molecule has 0 aliphatic rings. The van der Waals surface area contributed by atoms with E-state index in [1.54, 1.807) is 0 Å². The van der Waals surface area contributed by atoms with Crippen molar-refractivity contribution in [2.45, 2.75) is 19.3 Å². The van der Waals surface area contributed by atoms with Gasteiger partial charge in [0.2, 0.25) is 0 Å². The number of esters is 1. The normalized spacial score (nSPS) is 11.2. The van der Waals surface area contributed by atoms with Gasteiger partial charge in [-0.25, -0.2) is 4.79 Å². The van der Waals surface area contributed by atoms with E-state index in [0.717, 1.165) is 11.1 Å². The number of benzene rings is 3. The summed E-state index contributed by atoms with van der Waals surface area (Å²) in [5, 5.41) is 0. The van der Waals surface area contributed by atoms with Gasteiger partial charge in [-0.15, -0.1) is 0 Å². The summed E-state index contributed by atoms with van der Waals surface area (Å²) in [6.07, 6.45) is 0. The van der Waals surface area contributed by atoms with Crippen LogP contribution in [0.5, 0.6) is 0 Å². The van der Waals surface area contributed by atoms with Crippen LogP contribution >= 0.6 is 0 Å². The number of hydrogen-bond acceptors (Lipinski definition) is 2. The standard InChI is InChI=1S/C23H22O2/c1-23(2,17-11-5-4-6-12-17)21-16-10-9-14-19(21)18-13-7-8-15-20(18)22(24)25-3/h4-16H,1-3H3. The van der Waals surface area contributed by atoms with Crippen molar-refractivity contribution < 1.29 is 9.53 Å². The molecule has 25 heavy (non-hydrogen) atoms. The number of hydrogen-bond donors (Lipinski definition) is 0. The Balaban J connectivity index is 2.21. The second kappa shape index (κ2) is 6.94. The third kappa shape index (κ3) is 3.20. The Morgan fingerprint density at radius 1 is 0.760 bits per heavy atom. The number of ether oxygens (including phenoxy) is 1. The summed E-state index contributed by atoms with van der Waals surface area (Å²) < 4.78 is 4.97. The minimum Gasteiger partial charge on any atom is -0.465 e. The number of methoxy groups -OCH3 is 1. The van der Waals surface area contributed by atoms with E-state index in [-0.39, 0.29) is 11.4 Å². The van der Waals surface area contributed by atoms with Gasteiger partial charge in [0.05, 0.1) is 12.7 Å². The average molecular weight is 330 g/mol. The highest BCUT2D eigenvalue weighted by Crippen LogP contribution is 2.38. The van der Waals surface area contributed by atoms with Crippen LogP contribution in [0.4, 0.5) is 0 Å². The van der Waals surface area contributed by atoms with Crippen molar-refractivity contribution in [1.29, 1.82) is 0 Å². The molecule has 0 saturated heterocycles. The molecule has 0 heterocycles. The minimum atomic E-state index is -0.317. The molecule has 3 aromatic rings. The lowest BCUT2D eigenvalue weighted by Crippen LogP contribution is -2.20. The quantitative estimate of drug-likeness (QED) is 0.593. The first-order chi connectivity index (χ1) is 12.1. The zero-order chi connectivity index (χ0) is 17.9. The van der Waals surface area contributed by atoms with E-state index in [2.05, 4.69) is 50.2 Å². The number of rotatable bonds is 4. The smallest absolute Gasteiger partial charge is 0.338 e. The molecule has 3 rings (SSSR count). The minimum absolute atomic E-state index is 0.193. The zero-order valence-electron chi connectivity index (χ0n) is 14.8.